The van der Waals surface area contributed by atoms with Gasteiger partial charge in [-0.3, -0.25) is 4.79 Å². The van der Waals surface area contributed by atoms with Crippen molar-refractivity contribution in [2.45, 2.75) is 19.5 Å². The second kappa shape index (κ2) is 8.83. The molecule has 0 saturated carbocycles. The molecule has 0 bridgehead atoms. The molecule has 0 radical (unpaired) electrons. The Kier molecular flexibility index (Phi) is 5.97. The molecular weight excluding hydrogens is 441 g/mol. The van der Waals surface area contributed by atoms with Gasteiger partial charge in [-0.25, -0.2) is 9.78 Å². The number of benzene rings is 2. The highest BCUT2D eigenvalue weighted by Crippen LogP contribution is 2.28. The number of carboxylic acid groups (broad SMARTS) is 1. The van der Waals surface area contributed by atoms with Gasteiger partial charge in [0.25, 0.3) is 0 Å². The van der Waals surface area contributed by atoms with E-state index < -0.39 is 11.6 Å². The first kappa shape index (κ1) is 21.0. The Bertz CT molecular complexity index is 1320. The molecule has 4 aromatic rings. The Morgan fingerprint density at radius 1 is 1.16 bits per heavy atom. The first-order chi connectivity index (χ1) is 14.9. The Morgan fingerprint density at radius 3 is 2.74 bits per heavy atom. The lowest BCUT2D eigenvalue weighted by atomic mass is 10.0. The second-order valence-corrected chi connectivity index (χ2v) is 7.71. The highest BCUT2D eigenvalue weighted by atomic mass is 35.5. The summed E-state index contributed by atoms with van der Waals surface area (Å²) in [5.41, 5.74) is 1.84. The fourth-order valence-corrected chi connectivity index (χ4v) is 3.81. The monoisotopic (exact) mass is 457 g/mol. The molecule has 0 aliphatic rings. The summed E-state index contributed by atoms with van der Waals surface area (Å²) in [4.78, 5) is 28.0. The Balaban J connectivity index is 1.76. The van der Waals surface area contributed by atoms with E-state index in [1.54, 1.807) is 29.2 Å². The third kappa shape index (κ3) is 4.57. The quantitative estimate of drug-likeness (QED) is 0.418. The Hall–Kier alpha value is -3.29. The molecule has 2 aromatic carbocycles. The zero-order valence-electron chi connectivity index (χ0n) is 16.2. The Labute approximate surface area is 187 Å². The van der Waals surface area contributed by atoms with Crippen molar-refractivity contribution in [3.63, 3.8) is 0 Å². The summed E-state index contributed by atoms with van der Waals surface area (Å²) in [6, 6.07) is 10.9. The van der Waals surface area contributed by atoms with Gasteiger partial charge < -0.3 is 19.0 Å². The molecule has 2 aromatic heterocycles. The average Bonchev–Trinajstić information content (AvgIpc) is 3.26. The molecule has 0 fully saturated rings. The van der Waals surface area contributed by atoms with Gasteiger partial charge in [-0.05, 0) is 35.7 Å². The summed E-state index contributed by atoms with van der Waals surface area (Å²) in [6.45, 7) is 1.08. The van der Waals surface area contributed by atoms with Crippen molar-refractivity contribution < 1.29 is 14.6 Å². The fraction of sp³-hybridized carbons (Fsp3) is 0.136. The van der Waals surface area contributed by atoms with Gasteiger partial charge in [-0.1, -0.05) is 41.4 Å². The lowest BCUT2D eigenvalue weighted by Crippen LogP contribution is -2.17. The molecule has 158 valence electrons. The number of fused-ring (bicyclic) bond motifs is 1. The maximum absolute atomic E-state index is 12.9. The molecule has 7 nitrogen and oxygen atoms in total. The minimum Gasteiger partial charge on any atom is -0.449 e. The number of halogens is 2. The molecule has 31 heavy (non-hydrogen) atoms. The van der Waals surface area contributed by atoms with Gasteiger partial charge in [0.1, 0.15) is 0 Å². The second-order valence-electron chi connectivity index (χ2n) is 6.93. The lowest BCUT2D eigenvalue weighted by molar-refractivity contribution is 0.143. The van der Waals surface area contributed by atoms with Crippen molar-refractivity contribution in [2.24, 2.45) is 0 Å². The summed E-state index contributed by atoms with van der Waals surface area (Å²) in [5.74, 6) is -0.247. The predicted molar refractivity (Wildman–Crippen MR) is 118 cm³/mol. The summed E-state index contributed by atoms with van der Waals surface area (Å²) >= 11 is 12.4. The summed E-state index contributed by atoms with van der Waals surface area (Å²) < 4.78 is 8.43. The van der Waals surface area contributed by atoms with Gasteiger partial charge in [0.2, 0.25) is 5.43 Å². The number of aromatic nitrogens is 3. The molecule has 0 spiro atoms. The first-order valence-electron chi connectivity index (χ1n) is 9.38. The maximum atomic E-state index is 12.9. The highest BCUT2D eigenvalue weighted by molar-refractivity contribution is 6.42. The number of hydrogen-bond acceptors (Lipinski definition) is 4. The van der Waals surface area contributed by atoms with Crippen molar-refractivity contribution >= 4 is 40.3 Å². The molecule has 0 aliphatic heterocycles. The van der Waals surface area contributed by atoms with Crippen molar-refractivity contribution in [1.29, 1.82) is 0 Å². The molecule has 4 rings (SSSR count). The van der Waals surface area contributed by atoms with Crippen LogP contribution in [0.25, 0.3) is 10.9 Å². The number of imidazole rings is 1. The summed E-state index contributed by atoms with van der Waals surface area (Å²) in [5, 5.41) is 10.3. The zero-order valence-corrected chi connectivity index (χ0v) is 17.7. The molecule has 0 aliphatic carbocycles. The van der Waals surface area contributed by atoms with E-state index in [1.807, 2.05) is 35.0 Å². The van der Waals surface area contributed by atoms with Crippen molar-refractivity contribution in [3.8, 4) is 5.75 Å². The molecule has 9 heteroatoms. The third-order valence-corrected chi connectivity index (χ3v) is 5.75. The third-order valence-electron chi connectivity index (χ3n) is 4.89. The number of pyridine rings is 1. The maximum Gasteiger partial charge on any atom is 0.511 e. The van der Waals surface area contributed by atoms with E-state index in [2.05, 4.69) is 4.98 Å². The number of aryl methyl sites for hydroxylation is 2. The van der Waals surface area contributed by atoms with Crippen molar-refractivity contribution in [1.82, 2.24) is 14.1 Å². The van der Waals surface area contributed by atoms with E-state index in [-0.39, 0.29) is 5.75 Å². The van der Waals surface area contributed by atoms with Gasteiger partial charge in [0.15, 0.2) is 5.75 Å². The van der Waals surface area contributed by atoms with Gasteiger partial charge in [0, 0.05) is 30.9 Å². The lowest BCUT2D eigenvalue weighted by Gasteiger charge is -2.14. The number of ether oxygens (including phenoxy) is 1. The summed E-state index contributed by atoms with van der Waals surface area (Å²) in [6.07, 6.45) is 5.53. The predicted octanol–water partition coefficient (Wildman–Crippen LogP) is 4.85. The van der Waals surface area contributed by atoms with Crippen molar-refractivity contribution in [2.75, 3.05) is 0 Å². The van der Waals surface area contributed by atoms with E-state index in [4.69, 9.17) is 33.0 Å². The minimum atomic E-state index is -1.54. The van der Waals surface area contributed by atoms with Gasteiger partial charge >= 0.3 is 6.16 Å². The minimum absolute atomic E-state index is 0.247. The first-order valence-corrected chi connectivity index (χ1v) is 10.1. The van der Waals surface area contributed by atoms with Crippen LogP contribution in [0, 0.1) is 0 Å². The van der Waals surface area contributed by atoms with Crippen LogP contribution in [0.5, 0.6) is 5.75 Å². The average molecular weight is 458 g/mol. The standard InChI is InChI=1S/C22H17Cl2N3O4/c23-17-3-1-2-15(20(17)24)10-14-4-5-18-16(11-14)21(28)19(31-22(29)30)12-27(18)9-8-26-7-6-25-13-26/h1-7,11-13H,8-10H2,(H,29,30). The summed E-state index contributed by atoms with van der Waals surface area (Å²) in [7, 11) is 0. The van der Waals surface area contributed by atoms with Crippen LogP contribution in [0.3, 0.4) is 0 Å². The largest absolute Gasteiger partial charge is 0.511 e. The van der Waals surface area contributed by atoms with Crippen LogP contribution in [0.4, 0.5) is 4.79 Å². The van der Waals surface area contributed by atoms with E-state index >= 15 is 0 Å². The molecule has 2 heterocycles. The van der Waals surface area contributed by atoms with Gasteiger partial charge in [-0.2, -0.15) is 0 Å². The molecule has 0 amide bonds. The van der Waals surface area contributed by atoms with Crippen LogP contribution in [0.1, 0.15) is 11.1 Å². The highest BCUT2D eigenvalue weighted by Gasteiger charge is 2.14. The van der Waals surface area contributed by atoms with E-state index in [9.17, 15) is 9.59 Å². The molecule has 1 N–H and O–H groups in total. The van der Waals surface area contributed by atoms with Gasteiger partial charge in [0.05, 0.1) is 28.1 Å². The van der Waals surface area contributed by atoms with E-state index in [1.165, 1.54) is 6.20 Å². The van der Waals surface area contributed by atoms with Gasteiger partial charge in [-0.15, -0.1) is 0 Å². The number of carbonyl (C=O) groups is 1. The Morgan fingerprint density at radius 2 is 2.00 bits per heavy atom. The number of nitrogens with zero attached hydrogens (tertiary/aromatic N) is 3. The smallest absolute Gasteiger partial charge is 0.449 e. The van der Waals surface area contributed by atoms with Crippen LogP contribution in [-0.2, 0) is 19.5 Å². The van der Waals surface area contributed by atoms with E-state index in [0.29, 0.717) is 40.5 Å². The fourth-order valence-electron chi connectivity index (χ4n) is 3.43. The van der Waals surface area contributed by atoms with Crippen LogP contribution >= 0.6 is 23.2 Å². The normalized spacial score (nSPS) is 11.0. The topological polar surface area (TPSA) is 86.3 Å². The SMILES string of the molecule is O=C(O)Oc1cn(CCn2ccnc2)c2ccc(Cc3cccc(Cl)c3Cl)cc2c1=O. The zero-order chi connectivity index (χ0) is 22.0. The van der Waals surface area contributed by atoms with Crippen LogP contribution in [-0.4, -0.2) is 25.4 Å². The van der Waals surface area contributed by atoms with Crippen LogP contribution < -0.4 is 10.2 Å². The van der Waals surface area contributed by atoms with Crippen LogP contribution in [0.2, 0.25) is 10.0 Å². The number of rotatable bonds is 6. The van der Waals surface area contributed by atoms with Crippen molar-refractivity contribution in [3.05, 3.63) is 92.7 Å². The number of hydrogen-bond donors (Lipinski definition) is 1. The van der Waals surface area contributed by atoms with Crippen LogP contribution in [0.15, 0.2) is 66.1 Å². The van der Waals surface area contributed by atoms with E-state index in [0.717, 1.165) is 11.1 Å². The molecule has 0 saturated heterocycles. The molecular formula is C22H17Cl2N3O4. The molecule has 0 unspecified atom stereocenters. The molecule has 0 atom stereocenters.